The molecule has 0 nitrogen and oxygen atoms in total. The highest BCUT2D eigenvalue weighted by Crippen LogP contribution is 2.30. The van der Waals surface area contributed by atoms with Crippen molar-refractivity contribution in [3.05, 3.63) is 12.2 Å². The molecular weight excluding hydrogens is 192 g/mol. The van der Waals surface area contributed by atoms with Crippen molar-refractivity contribution in [1.82, 2.24) is 0 Å². The molecule has 0 saturated heterocycles. The van der Waals surface area contributed by atoms with E-state index in [0.29, 0.717) is 5.92 Å². The Bertz CT molecular complexity index is 200. The van der Waals surface area contributed by atoms with Crippen molar-refractivity contribution in [1.29, 1.82) is 0 Å². The molecule has 0 aromatic carbocycles. The maximum absolute atomic E-state index is 4.31. The Balaban J connectivity index is 4.14. The van der Waals surface area contributed by atoms with E-state index in [1.807, 2.05) is 0 Å². The molecular formula is C16H32. The first-order valence-electron chi connectivity index (χ1n) is 6.93. The van der Waals surface area contributed by atoms with Crippen LogP contribution in [0.2, 0.25) is 0 Å². The Labute approximate surface area is 104 Å². The Hall–Kier alpha value is -0.260. The van der Waals surface area contributed by atoms with Crippen molar-refractivity contribution in [3.8, 4) is 0 Å². The van der Waals surface area contributed by atoms with Gasteiger partial charge in [0.2, 0.25) is 0 Å². The summed E-state index contributed by atoms with van der Waals surface area (Å²) >= 11 is 0. The number of allylic oxidation sites excluding steroid dienone is 1. The summed E-state index contributed by atoms with van der Waals surface area (Å²) in [5.74, 6) is 3.76. The Morgan fingerprint density at radius 3 is 1.81 bits per heavy atom. The van der Waals surface area contributed by atoms with E-state index < -0.39 is 0 Å². The Morgan fingerprint density at radius 1 is 0.938 bits per heavy atom. The average Bonchev–Trinajstić information content (AvgIpc) is 2.13. The molecule has 0 aliphatic rings. The fraction of sp³-hybridized carbons (Fsp3) is 0.875. The number of hydrogen-bond donors (Lipinski definition) is 0. The molecule has 3 unspecified atom stereocenters. The van der Waals surface area contributed by atoms with Crippen LogP contribution in [0.25, 0.3) is 0 Å². The van der Waals surface area contributed by atoms with E-state index in [1.54, 1.807) is 0 Å². The van der Waals surface area contributed by atoms with Gasteiger partial charge in [-0.25, -0.2) is 0 Å². The molecule has 0 fully saturated rings. The van der Waals surface area contributed by atoms with Gasteiger partial charge in [0.05, 0.1) is 0 Å². The van der Waals surface area contributed by atoms with Gasteiger partial charge in [-0.15, -0.1) is 0 Å². The highest BCUT2D eigenvalue weighted by molar-refractivity contribution is 5.02. The summed E-state index contributed by atoms with van der Waals surface area (Å²) in [6.07, 6.45) is 2.53. The summed E-state index contributed by atoms with van der Waals surface area (Å²) in [5, 5.41) is 0. The smallest absolute Gasteiger partial charge is 0.0206 e. The minimum absolute atomic E-state index is 0.662. The molecule has 0 radical (unpaired) electrons. The van der Waals surface area contributed by atoms with E-state index in [9.17, 15) is 0 Å². The number of hydrogen-bond acceptors (Lipinski definition) is 0. The maximum atomic E-state index is 4.31. The van der Waals surface area contributed by atoms with E-state index in [0.717, 1.165) is 23.7 Å². The predicted molar refractivity (Wildman–Crippen MR) is 75.5 cm³/mol. The van der Waals surface area contributed by atoms with Crippen LogP contribution in [0.3, 0.4) is 0 Å². The lowest BCUT2D eigenvalue weighted by Gasteiger charge is -2.27. The predicted octanol–water partition coefficient (Wildman–Crippen LogP) is 5.54. The van der Waals surface area contributed by atoms with Gasteiger partial charge in [0.25, 0.3) is 0 Å². The lowest BCUT2D eigenvalue weighted by molar-refractivity contribution is 0.314. The second kappa shape index (κ2) is 7.14. The first-order chi connectivity index (χ1) is 7.25. The molecule has 0 amide bonds. The second-order valence-corrected chi connectivity index (χ2v) is 6.49. The van der Waals surface area contributed by atoms with Gasteiger partial charge >= 0.3 is 0 Å². The zero-order chi connectivity index (χ0) is 12.9. The van der Waals surface area contributed by atoms with Crippen molar-refractivity contribution in [2.45, 2.75) is 61.3 Å². The van der Waals surface area contributed by atoms with Crippen LogP contribution in [0.5, 0.6) is 0 Å². The molecule has 96 valence electrons. The molecule has 0 aliphatic carbocycles. The summed E-state index contributed by atoms with van der Waals surface area (Å²) < 4.78 is 0. The van der Waals surface area contributed by atoms with Gasteiger partial charge in [0.15, 0.2) is 0 Å². The average molecular weight is 224 g/mol. The molecule has 0 rings (SSSR count). The summed E-state index contributed by atoms with van der Waals surface area (Å²) in [5.41, 5.74) is 1.45. The van der Waals surface area contributed by atoms with Crippen molar-refractivity contribution in [2.24, 2.45) is 29.6 Å². The van der Waals surface area contributed by atoms with Crippen LogP contribution in [0.15, 0.2) is 12.2 Å². The molecule has 0 aromatic heterocycles. The fourth-order valence-electron chi connectivity index (χ4n) is 2.47. The van der Waals surface area contributed by atoms with Crippen molar-refractivity contribution < 1.29 is 0 Å². The van der Waals surface area contributed by atoms with E-state index in [4.69, 9.17) is 0 Å². The summed E-state index contributed by atoms with van der Waals surface area (Å²) in [7, 11) is 0. The van der Waals surface area contributed by atoms with E-state index >= 15 is 0 Å². The molecule has 0 spiro atoms. The highest BCUT2D eigenvalue weighted by Gasteiger charge is 2.19. The summed E-state index contributed by atoms with van der Waals surface area (Å²) in [6.45, 7) is 20.6. The Morgan fingerprint density at radius 2 is 1.44 bits per heavy atom. The highest BCUT2D eigenvalue weighted by atomic mass is 14.2. The van der Waals surface area contributed by atoms with Crippen LogP contribution >= 0.6 is 0 Å². The minimum Gasteiger partial charge on any atom is -0.0996 e. The van der Waals surface area contributed by atoms with Crippen LogP contribution in [0.4, 0.5) is 0 Å². The van der Waals surface area contributed by atoms with Gasteiger partial charge in [0.1, 0.15) is 0 Å². The third-order valence-corrected chi connectivity index (χ3v) is 3.97. The lowest BCUT2D eigenvalue weighted by Crippen LogP contribution is -2.17. The Kier molecular flexibility index (Phi) is 7.03. The van der Waals surface area contributed by atoms with Crippen molar-refractivity contribution >= 4 is 0 Å². The zero-order valence-electron chi connectivity index (χ0n) is 12.5. The summed E-state index contributed by atoms with van der Waals surface area (Å²) in [6, 6.07) is 0. The van der Waals surface area contributed by atoms with Crippen LogP contribution in [0, 0.1) is 29.6 Å². The van der Waals surface area contributed by atoms with Gasteiger partial charge in [0, 0.05) is 0 Å². The van der Waals surface area contributed by atoms with Crippen LogP contribution in [-0.2, 0) is 0 Å². The van der Waals surface area contributed by atoms with E-state index in [-0.39, 0.29) is 0 Å². The minimum atomic E-state index is 0.662. The van der Waals surface area contributed by atoms with Gasteiger partial charge < -0.3 is 0 Å². The fourth-order valence-corrected chi connectivity index (χ4v) is 2.47. The molecule has 0 heteroatoms. The first kappa shape index (κ1) is 15.7. The quantitative estimate of drug-likeness (QED) is 0.498. The zero-order valence-corrected chi connectivity index (χ0v) is 12.5. The van der Waals surface area contributed by atoms with Gasteiger partial charge in [-0.3, -0.25) is 0 Å². The molecule has 0 aromatic rings. The third kappa shape index (κ3) is 5.72. The van der Waals surface area contributed by atoms with Crippen molar-refractivity contribution in [2.75, 3.05) is 0 Å². The molecule has 0 saturated carbocycles. The number of rotatable bonds is 7. The SMILES string of the molecule is C=C(CC(C)CC(C)C)C(C)C(C)C(C)C. The normalized spacial score (nSPS) is 17.6. The van der Waals surface area contributed by atoms with Gasteiger partial charge in [-0.05, 0) is 42.4 Å². The largest absolute Gasteiger partial charge is 0.0996 e. The molecule has 16 heavy (non-hydrogen) atoms. The molecule has 0 N–H and O–H groups in total. The van der Waals surface area contributed by atoms with E-state index in [2.05, 4.69) is 55.0 Å². The van der Waals surface area contributed by atoms with Crippen LogP contribution in [0.1, 0.15) is 61.3 Å². The maximum Gasteiger partial charge on any atom is -0.0206 e. The molecule has 3 atom stereocenters. The van der Waals surface area contributed by atoms with Crippen molar-refractivity contribution in [3.63, 3.8) is 0 Å². The van der Waals surface area contributed by atoms with Gasteiger partial charge in [-0.1, -0.05) is 60.6 Å². The van der Waals surface area contributed by atoms with Gasteiger partial charge in [-0.2, -0.15) is 0 Å². The lowest BCUT2D eigenvalue weighted by atomic mass is 9.78. The monoisotopic (exact) mass is 224 g/mol. The molecule has 0 heterocycles. The van der Waals surface area contributed by atoms with Crippen LogP contribution in [-0.4, -0.2) is 0 Å². The van der Waals surface area contributed by atoms with Crippen LogP contribution < -0.4 is 0 Å². The molecule has 0 bridgehead atoms. The summed E-state index contributed by atoms with van der Waals surface area (Å²) in [4.78, 5) is 0. The first-order valence-corrected chi connectivity index (χ1v) is 6.93. The second-order valence-electron chi connectivity index (χ2n) is 6.49. The molecule has 0 aliphatic heterocycles. The standard InChI is InChI=1S/C16H32/c1-11(2)9-13(5)10-14(6)16(8)15(7)12(3)4/h11-13,15-16H,6,9-10H2,1-5,7-8H3. The van der Waals surface area contributed by atoms with E-state index in [1.165, 1.54) is 18.4 Å². The third-order valence-electron chi connectivity index (χ3n) is 3.97. The topological polar surface area (TPSA) is 0 Å².